The van der Waals surface area contributed by atoms with Crippen molar-refractivity contribution < 1.29 is 31.8 Å². The van der Waals surface area contributed by atoms with Gasteiger partial charge in [-0.3, -0.25) is 0 Å². The fourth-order valence-corrected chi connectivity index (χ4v) is 3.91. The number of halogens is 1. The van der Waals surface area contributed by atoms with Crippen LogP contribution in [0.2, 0.25) is 0 Å². The van der Waals surface area contributed by atoms with Gasteiger partial charge in [0.2, 0.25) is 6.29 Å². The van der Waals surface area contributed by atoms with Crippen LogP contribution in [-0.4, -0.2) is 20.6 Å². The van der Waals surface area contributed by atoms with Crippen LogP contribution in [0.5, 0.6) is 5.75 Å². The maximum absolute atomic E-state index is 14.1. The first-order valence-electron chi connectivity index (χ1n) is 9.43. The summed E-state index contributed by atoms with van der Waals surface area (Å²) < 4.78 is 54.5. The molecule has 3 aromatic carbocycles. The molecule has 160 valence electrons. The Hall–Kier alpha value is -3.23. The minimum atomic E-state index is -3.47. The first kappa shape index (κ1) is 21.0. The molecule has 1 atom stereocenters. The zero-order valence-corrected chi connectivity index (χ0v) is 17.4. The van der Waals surface area contributed by atoms with Crippen molar-refractivity contribution in [3.05, 3.63) is 94.8 Å². The first-order valence-corrected chi connectivity index (χ1v) is 11.3. The molecule has 0 bridgehead atoms. The molecule has 4 rings (SSSR count). The van der Waals surface area contributed by atoms with Gasteiger partial charge in [0.1, 0.15) is 18.2 Å². The van der Waals surface area contributed by atoms with E-state index >= 15 is 0 Å². The molecule has 0 fully saturated rings. The SMILES string of the molecule is CS(=O)(=O)c1cccc(C(=O)OCc2cc(F)cc3c2O[C@@H](c2ccccc2)OC3)c1. The highest BCUT2D eigenvalue weighted by atomic mass is 32.2. The van der Waals surface area contributed by atoms with Gasteiger partial charge in [-0.05, 0) is 30.3 Å². The van der Waals surface area contributed by atoms with E-state index in [-0.39, 0.29) is 23.7 Å². The van der Waals surface area contributed by atoms with E-state index in [1.807, 2.05) is 30.3 Å². The lowest BCUT2D eigenvalue weighted by Crippen LogP contribution is -2.20. The zero-order valence-electron chi connectivity index (χ0n) is 16.6. The minimum Gasteiger partial charge on any atom is -0.460 e. The third-order valence-corrected chi connectivity index (χ3v) is 5.86. The van der Waals surface area contributed by atoms with Crippen LogP contribution in [0.4, 0.5) is 4.39 Å². The first-order chi connectivity index (χ1) is 14.8. The number of fused-ring (bicyclic) bond motifs is 1. The van der Waals surface area contributed by atoms with Gasteiger partial charge in [-0.25, -0.2) is 17.6 Å². The molecular weight excluding hydrogens is 423 g/mol. The predicted octanol–water partition coefficient (Wildman–Crippen LogP) is 4.19. The number of rotatable bonds is 5. The second kappa shape index (κ2) is 8.49. The van der Waals surface area contributed by atoms with Crippen LogP contribution in [0.25, 0.3) is 0 Å². The summed E-state index contributed by atoms with van der Waals surface area (Å²) >= 11 is 0. The lowest BCUT2D eigenvalue weighted by Gasteiger charge is -2.28. The number of benzene rings is 3. The van der Waals surface area contributed by atoms with E-state index in [4.69, 9.17) is 14.2 Å². The molecule has 0 unspecified atom stereocenters. The third-order valence-electron chi connectivity index (χ3n) is 4.75. The molecule has 1 heterocycles. The molecule has 0 aromatic heterocycles. The Kier molecular flexibility index (Phi) is 5.75. The van der Waals surface area contributed by atoms with Crippen molar-refractivity contribution in [3.8, 4) is 5.75 Å². The molecule has 3 aromatic rings. The van der Waals surface area contributed by atoms with Crippen LogP contribution in [0, 0.1) is 5.82 Å². The number of hydrogen-bond donors (Lipinski definition) is 0. The summed E-state index contributed by atoms with van der Waals surface area (Å²) in [6, 6.07) is 17.4. The van der Waals surface area contributed by atoms with E-state index in [0.29, 0.717) is 16.9 Å². The van der Waals surface area contributed by atoms with E-state index < -0.39 is 27.9 Å². The topological polar surface area (TPSA) is 78.9 Å². The van der Waals surface area contributed by atoms with Crippen molar-refractivity contribution in [1.82, 2.24) is 0 Å². The van der Waals surface area contributed by atoms with Gasteiger partial charge in [0, 0.05) is 22.9 Å². The van der Waals surface area contributed by atoms with Crippen LogP contribution < -0.4 is 4.74 Å². The fourth-order valence-electron chi connectivity index (χ4n) is 3.24. The van der Waals surface area contributed by atoms with Crippen molar-refractivity contribution in [2.75, 3.05) is 6.26 Å². The highest BCUT2D eigenvalue weighted by Crippen LogP contribution is 2.37. The molecule has 8 heteroatoms. The Labute approximate surface area is 179 Å². The predicted molar refractivity (Wildman–Crippen MR) is 110 cm³/mol. The van der Waals surface area contributed by atoms with Gasteiger partial charge in [0.05, 0.1) is 17.1 Å². The van der Waals surface area contributed by atoms with Gasteiger partial charge >= 0.3 is 5.97 Å². The molecule has 1 aliphatic heterocycles. The summed E-state index contributed by atoms with van der Waals surface area (Å²) in [5.74, 6) is -0.830. The summed E-state index contributed by atoms with van der Waals surface area (Å²) in [5.41, 5.74) is 1.75. The highest BCUT2D eigenvalue weighted by Gasteiger charge is 2.26. The molecule has 0 radical (unpaired) electrons. The van der Waals surface area contributed by atoms with Gasteiger partial charge in [-0.2, -0.15) is 0 Å². The van der Waals surface area contributed by atoms with Gasteiger partial charge in [-0.15, -0.1) is 0 Å². The molecule has 0 amide bonds. The summed E-state index contributed by atoms with van der Waals surface area (Å²) in [6.45, 7) is -0.104. The maximum atomic E-state index is 14.1. The Balaban J connectivity index is 1.55. The van der Waals surface area contributed by atoms with Crippen LogP contribution in [0.3, 0.4) is 0 Å². The van der Waals surface area contributed by atoms with Crippen LogP contribution >= 0.6 is 0 Å². The average Bonchev–Trinajstić information content (AvgIpc) is 2.77. The summed E-state index contributed by atoms with van der Waals surface area (Å²) in [5, 5.41) is 0. The summed E-state index contributed by atoms with van der Waals surface area (Å²) in [7, 11) is -3.47. The molecule has 0 saturated heterocycles. The second-order valence-corrected chi connectivity index (χ2v) is 9.12. The van der Waals surface area contributed by atoms with Crippen molar-refractivity contribution in [1.29, 1.82) is 0 Å². The largest absolute Gasteiger partial charge is 0.460 e. The van der Waals surface area contributed by atoms with E-state index in [0.717, 1.165) is 11.8 Å². The fraction of sp³-hybridized carbons (Fsp3) is 0.174. The van der Waals surface area contributed by atoms with Crippen molar-refractivity contribution in [2.45, 2.75) is 24.4 Å². The van der Waals surface area contributed by atoms with Crippen molar-refractivity contribution >= 4 is 15.8 Å². The van der Waals surface area contributed by atoms with Crippen LogP contribution in [0.15, 0.2) is 71.6 Å². The Morgan fingerprint density at radius 2 is 1.87 bits per heavy atom. The summed E-state index contributed by atoms with van der Waals surface area (Å²) in [4.78, 5) is 12.5. The standard InChI is InChI=1S/C23H19FO6S/c1-31(26,27)20-9-5-8-16(12-20)22(25)28-13-17-10-19(24)11-18-14-29-23(30-21(17)18)15-6-3-2-4-7-15/h2-12,23H,13-14H2,1H3/t23-/m0/s1. The number of hydrogen-bond acceptors (Lipinski definition) is 6. The average molecular weight is 442 g/mol. The van der Waals surface area contributed by atoms with E-state index in [2.05, 4.69) is 0 Å². The van der Waals surface area contributed by atoms with E-state index in [1.165, 1.54) is 36.4 Å². The third kappa shape index (κ3) is 4.76. The molecule has 0 saturated carbocycles. The number of carbonyl (C=O) groups excluding carboxylic acids is 1. The summed E-state index contributed by atoms with van der Waals surface area (Å²) in [6.07, 6.45) is 0.388. The van der Waals surface area contributed by atoms with Gasteiger partial charge in [0.25, 0.3) is 0 Å². The number of ether oxygens (including phenoxy) is 3. The van der Waals surface area contributed by atoms with E-state index in [1.54, 1.807) is 0 Å². The van der Waals surface area contributed by atoms with Gasteiger partial charge in [0.15, 0.2) is 9.84 Å². The normalized spacial score (nSPS) is 15.6. The van der Waals surface area contributed by atoms with E-state index in [9.17, 15) is 17.6 Å². The number of carbonyl (C=O) groups is 1. The smallest absolute Gasteiger partial charge is 0.338 e. The lowest BCUT2D eigenvalue weighted by molar-refractivity contribution is -0.112. The number of sulfone groups is 1. The lowest BCUT2D eigenvalue weighted by atomic mass is 10.1. The highest BCUT2D eigenvalue weighted by molar-refractivity contribution is 7.90. The minimum absolute atomic E-state index is 0.0104. The molecule has 31 heavy (non-hydrogen) atoms. The molecule has 0 spiro atoms. The number of esters is 1. The van der Waals surface area contributed by atoms with Crippen LogP contribution in [0.1, 0.15) is 33.3 Å². The zero-order chi connectivity index (χ0) is 22.0. The molecule has 0 N–H and O–H groups in total. The van der Waals surface area contributed by atoms with Crippen LogP contribution in [-0.2, 0) is 32.5 Å². The molecule has 6 nitrogen and oxygen atoms in total. The Morgan fingerprint density at radius 3 is 2.61 bits per heavy atom. The Morgan fingerprint density at radius 1 is 1.10 bits per heavy atom. The molecule has 1 aliphatic rings. The quantitative estimate of drug-likeness (QED) is 0.551. The van der Waals surface area contributed by atoms with Crippen molar-refractivity contribution in [2.24, 2.45) is 0 Å². The molecular formula is C23H19FO6S. The molecule has 0 aliphatic carbocycles. The second-order valence-electron chi connectivity index (χ2n) is 7.10. The Bertz CT molecular complexity index is 1220. The van der Waals surface area contributed by atoms with Crippen molar-refractivity contribution in [3.63, 3.8) is 0 Å². The van der Waals surface area contributed by atoms with Gasteiger partial charge < -0.3 is 14.2 Å². The van der Waals surface area contributed by atoms with Gasteiger partial charge in [-0.1, -0.05) is 36.4 Å². The monoisotopic (exact) mass is 442 g/mol. The maximum Gasteiger partial charge on any atom is 0.338 e.